The zero-order chi connectivity index (χ0) is 10.5. The lowest BCUT2D eigenvalue weighted by molar-refractivity contribution is 0.311. The topological polar surface area (TPSA) is 12.0 Å². The Kier molecular flexibility index (Phi) is 4.50. The standard InChI is InChI=1S/C12H23N/c1-7-8-12(5,6)9-10-13-11(2,3)4/h1,13H,8-10H2,2-6H3. The van der Waals surface area contributed by atoms with Gasteiger partial charge in [-0.2, -0.15) is 0 Å². The van der Waals surface area contributed by atoms with Crippen LogP contribution in [0, 0.1) is 17.8 Å². The quantitative estimate of drug-likeness (QED) is 0.658. The summed E-state index contributed by atoms with van der Waals surface area (Å²) in [4.78, 5) is 0. The number of hydrogen-bond donors (Lipinski definition) is 1. The van der Waals surface area contributed by atoms with Gasteiger partial charge in [-0.25, -0.2) is 0 Å². The second-order valence-electron chi connectivity index (χ2n) is 5.47. The van der Waals surface area contributed by atoms with Crippen LogP contribution in [0.5, 0.6) is 0 Å². The lowest BCUT2D eigenvalue weighted by atomic mass is 9.86. The fourth-order valence-electron chi connectivity index (χ4n) is 1.14. The van der Waals surface area contributed by atoms with Crippen LogP contribution < -0.4 is 5.32 Å². The van der Waals surface area contributed by atoms with Crippen molar-refractivity contribution in [3.8, 4) is 12.3 Å². The highest BCUT2D eigenvalue weighted by atomic mass is 14.9. The van der Waals surface area contributed by atoms with Crippen molar-refractivity contribution >= 4 is 0 Å². The Morgan fingerprint density at radius 1 is 1.15 bits per heavy atom. The van der Waals surface area contributed by atoms with Crippen molar-refractivity contribution in [1.29, 1.82) is 0 Å². The first-order valence-corrected chi connectivity index (χ1v) is 4.95. The molecule has 0 saturated carbocycles. The van der Waals surface area contributed by atoms with E-state index >= 15 is 0 Å². The van der Waals surface area contributed by atoms with Crippen LogP contribution in [0.1, 0.15) is 47.5 Å². The van der Waals surface area contributed by atoms with Crippen molar-refractivity contribution in [2.75, 3.05) is 6.54 Å². The summed E-state index contributed by atoms with van der Waals surface area (Å²) in [6.07, 6.45) is 7.30. The van der Waals surface area contributed by atoms with Crippen LogP contribution in [0.25, 0.3) is 0 Å². The van der Waals surface area contributed by atoms with Gasteiger partial charge >= 0.3 is 0 Å². The predicted molar refractivity (Wildman–Crippen MR) is 59.6 cm³/mol. The van der Waals surface area contributed by atoms with E-state index in [1.54, 1.807) is 0 Å². The van der Waals surface area contributed by atoms with E-state index in [0.717, 1.165) is 19.4 Å². The highest BCUT2D eigenvalue weighted by molar-refractivity contribution is 4.91. The second-order valence-corrected chi connectivity index (χ2v) is 5.47. The van der Waals surface area contributed by atoms with Crippen molar-refractivity contribution in [3.05, 3.63) is 0 Å². The Balaban J connectivity index is 3.71. The Bertz CT molecular complexity index is 178. The molecule has 0 atom stereocenters. The SMILES string of the molecule is C#CCC(C)(C)CCNC(C)(C)C. The third-order valence-electron chi connectivity index (χ3n) is 2.04. The molecule has 0 fully saturated rings. The van der Waals surface area contributed by atoms with Crippen LogP contribution in [-0.2, 0) is 0 Å². The minimum Gasteiger partial charge on any atom is -0.312 e. The minimum atomic E-state index is 0.215. The normalized spacial score (nSPS) is 12.6. The molecule has 0 aromatic carbocycles. The molecule has 0 aromatic heterocycles. The zero-order valence-corrected chi connectivity index (χ0v) is 9.70. The van der Waals surface area contributed by atoms with Gasteiger partial charge < -0.3 is 5.32 Å². The van der Waals surface area contributed by atoms with Crippen molar-refractivity contribution in [1.82, 2.24) is 5.32 Å². The van der Waals surface area contributed by atoms with Gasteiger partial charge in [-0.15, -0.1) is 12.3 Å². The molecule has 0 aliphatic heterocycles. The molecular weight excluding hydrogens is 158 g/mol. The van der Waals surface area contributed by atoms with Crippen molar-refractivity contribution < 1.29 is 0 Å². The van der Waals surface area contributed by atoms with E-state index in [4.69, 9.17) is 6.42 Å². The van der Waals surface area contributed by atoms with Crippen LogP contribution >= 0.6 is 0 Å². The highest BCUT2D eigenvalue weighted by Crippen LogP contribution is 2.23. The van der Waals surface area contributed by atoms with Gasteiger partial charge in [-0.05, 0) is 39.2 Å². The molecule has 0 radical (unpaired) electrons. The lowest BCUT2D eigenvalue weighted by Gasteiger charge is -2.26. The largest absolute Gasteiger partial charge is 0.312 e. The van der Waals surface area contributed by atoms with Gasteiger partial charge in [-0.3, -0.25) is 0 Å². The fraction of sp³-hybridized carbons (Fsp3) is 0.833. The van der Waals surface area contributed by atoms with Crippen molar-refractivity contribution in [2.24, 2.45) is 5.41 Å². The average molecular weight is 181 g/mol. The van der Waals surface area contributed by atoms with E-state index in [-0.39, 0.29) is 11.0 Å². The number of hydrogen-bond acceptors (Lipinski definition) is 1. The maximum absolute atomic E-state index is 5.30. The summed E-state index contributed by atoms with van der Waals surface area (Å²) in [5, 5.41) is 3.47. The highest BCUT2D eigenvalue weighted by Gasteiger charge is 2.17. The molecule has 0 amide bonds. The molecule has 0 aliphatic carbocycles. The molecule has 0 saturated heterocycles. The molecule has 0 aromatic rings. The molecule has 0 heterocycles. The summed E-state index contributed by atoms with van der Waals surface area (Å²) in [5.41, 5.74) is 0.485. The van der Waals surface area contributed by atoms with Crippen LogP contribution in [-0.4, -0.2) is 12.1 Å². The Hall–Kier alpha value is -0.480. The summed E-state index contributed by atoms with van der Waals surface area (Å²) in [7, 11) is 0. The summed E-state index contributed by atoms with van der Waals surface area (Å²) < 4.78 is 0. The Morgan fingerprint density at radius 3 is 2.08 bits per heavy atom. The molecule has 1 heteroatoms. The third kappa shape index (κ3) is 7.87. The van der Waals surface area contributed by atoms with E-state index in [9.17, 15) is 0 Å². The maximum Gasteiger partial charge on any atom is 0.0138 e. The summed E-state index contributed by atoms with van der Waals surface area (Å²) in [6.45, 7) is 12.0. The zero-order valence-electron chi connectivity index (χ0n) is 9.70. The van der Waals surface area contributed by atoms with E-state index in [2.05, 4.69) is 45.9 Å². The molecule has 0 spiro atoms. The van der Waals surface area contributed by atoms with Gasteiger partial charge in [-0.1, -0.05) is 13.8 Å². The lowest BCUT2D eigenvalue weighted by Crippen LogP contribution is -2.37. The monoisotopic (exact) mass is 181 g/mol. The van der Waals surface area contributed by atoms with E-state index < -0.39 is 0 Å². The molecule has 0 unspecified atom stereocenters. The van der Waals surface area contributed by atoms with E-state index in [0.29, 0.717) is 0 Å². The van der Waals surface area contributed by atoms with Crippen LogP contribution in [0.15, 0.2) is 0 Å². The van der Waals surface area contributed by atoms with Crippen LogP contribution in [0.4, 0.5) is 0 Å². The van der Waals surface area contributed by atoms with Gasteiger partial charge in [0.25, 0.3) is 0 Å². The second kappa shape index (κ2) is 4.67. The van der Waals surface area contributed by atoms with Gasteiger partial charge in [0.2, 0.25) is 0 Å². The van der Waals surface area contributed by atoms with Gasteiger partial charge in [0.1, 0.15) is 0 Å². The maximum atomic E-state index is 5.30. The van der Waals surface area contributed by atoms with Gasteiger partial charge in [0.05, 0.1) is 0 Å². The minimum absolute atomic E-state index is 0.215. The molecular formula is C12H23N. The van der Waals surface area contributed by atoms with E-state index in [1.165, 1.54) is 0 Å². The Labute approximate surface area is 83.3 Å². The first-order valence-electron chi connectivity index (χ1n) is 4.95. The number of rotatable bonds is 4. The number of terminal acetylenes is 1. The fourth-order valence-corrected chi connectivity index (χ4v) is 1.14. The first-order chi connectivity index (χ1) is 5.77. The average Bonchev–Trinajstić information content (AvgIpc) is 1.82. The molecule has 0 bridgehead atoms. The molecule has 0 rings (SSSR count). The summed E-state index contributed by atoms with van der Waals surface area (Å²) in [5.74, 6) is 2.73. The smallest absolute Gasteiger partial charge is 0.0138 e. The molecule has 1 N–H and O–H groups in total. The van der Waals surface area contributed by atoms with E-state index in [1.807, 2.05) is 0 Å². The molecule has 1 nitrogen and oxygen atoms in total. The van der Waals surface area contributed by atoms with Crippen LogP contribution in [0.2, 0.25) is 0 Å². The first kappa shape index (κ1) is 12.5. The van der Waals surface area contributed by atoms with Crippen molar-refractivity contribution in [2.45, 2.75) is 53.0 Å². The Morgan fingerprint density at radius 2 is 1.69 bits per heavy atom. The third-order valence-corrected chi connectivity index (χ3v) is 2.04. The van der Waals surface area contributed by atoms with Crippen LogP contribution in [0.3, 0.4) is 0 Å². The summed E-state index contributed by atoms with van der Waals surface area (Å²) in [6, 6.07) is 0. The predicted octanol–water partition coefficient (Wildman–Crippen LogP) is 2.81. The number of nitrogens with one attached hydrogen (secondary N) is 1. The molecule has 76 valence electrons. The molecule has 13 heavy (non-hydrogen) atoms. The summed E-state index contributed by atoms with van der Waals surface area (Å²) >= 11 is 0. The van der Waals surface area contributed by atoms with Crippen molar-refractivity contribution in [3.63, 3.8) is 0 Å². The molecule has 0 aliphatic rings. The van der Waals surface area contributed by atoms with Gasteiger partial charge in [0, 0.05) is 12.0 Å². The van der Waals surface area contributed by atoms with Gasteiger partial charge in [0.15, 0.2) is 0 Å².